The van der Waals surface area contributed by atoms with Crippen LogP contribution in [0.5, 0.6) is 0 Å². The summed E-state index contributed by atoms with van der Waals surface area (Å²) in [5.74, 6) is -1.80. The van der Waals surface area contributed by atoms with Crippen LogP contribution in [0.3, 0.4) is 0 Å². The second-order valence-electron chi connectivity index (χ2n) is 2.20. The molecule has 0 aliphatic heterocycles. The summed E-state index contributed by atoms with van der Waals surface area (Å²) < 4.78 is 26.1. The maximum atomic E-state index is 13.0. The first-order valence-electron chi connectivity index (χ1n) is 3.18. The monoisotopic (exact) mass is 284 g/mol. The molecule has 5 heteroatoms. The molecule has 0 aliphatic carbocycles. The quantitative estimate of drug-likeness (QED) is 0.471. The van der Waals surface area contributed by atoms with Crippen LogP contribution in [-0.2, 0) is 0 Å². The molecule has 0 fully saturated rings. The Labute approximate surface area is 82.3 Å². The number of benzene rings is 1. The standard InChI is InChI=1S/C7H7F2IN2/c1-12-7-4(11)2-3(10)5(8)6(7)9/h2,12H,11H2,1H3. The molecule has 2 nitrogen and oxygen atoms in total. The highest BCUT2D eigenvalue weighted by Gasteiger charge is 2.13. The fourth-order valence-corrected chi connectivity index (χ4v) is 1.44. The highest BCUT2D eigenvalue weighted by atomic mass is 127. The van der Waals surface area contributed by atoms with E-state index >= 15 is 0 Å². The number of hydrogen-bond acceptors (Lipinski definition) is 2. The van der Waals surface area contributed by atoms with Crippen LogP contribution < -0.4 is 11.1 Å². The first kappa shape index (κ1) is 9.50. The Morgan fingerprint density at radius 3 is 2.50 bits per heavy atom. The van der Waals surface area contributed by atoms with E-state index in [1.807, 2.05) is 0 Å². The van der Waals surface area contributed by atoms with Gasteiger partial charge >= 0.3 is 0 Å². The van der Waals surface area contributed by atoms with Gasteiger partial charge in [-0.05, 0) is 28.7 Å². The molecule has 66 valence electrons. The Morgan fingerprint density at radius 2 is 2.00 bits per heavy atom. The van der Waals surface area contributed by atoms with Crippen molar-refractivity contribution in [2.45, 2.75) is 0 Å². The molecule has 0 saturated heterocycles. The lowest BCUT2D eigenvalue weighted by molar-refractivity contribution is 0.507. The summed E-state index contributed by atoms with van der Waals surface area (Å²) in [5.41, 5.74) is 5.64. The van der Waals surface area contributed by atoms with Gasteiger partial charge < -0.3 is 11.1 Å². The van der Waals surface area contributed by atoms with Crippen LogP contribution in [0.1, 0.15) is 0 Å². The molecule has 1 aromatic rings. The highest BCUT2D eigenvalue weighted by Crippen LogP contribution is 2.27. The van der Waals surface area contributed by atoms with Crippen LogP contribution in [0, 0.1) is 15.2 Å². The predicted molar refractivity (Wildman–Crippen MR) is 53.0 cm³/mol. The number of rotatable bonds is 1. The third-order valence-corrected chi connectivity index (χ3v) is 2.23. The predicted octanol–water partition coefficient (Wildman–Crippen LogP) is 2.19. The normalized spacial score (nSPS) is 10.0. The molecule has 0 radical (unpaired) electrons. The van der Waals surface area contributed by atoms with Gasteiger partial charge in [0.2, 0.25) is 0 Å². The van der Waals surface area contributed by atoms with E-state index in [9.17, 15) is 8.78 Å². The van der Waals surface area contributed by atoms with Crippen molar-refractivity contribution >= 4 is 34.0 Å². The van der Waals surface area contributed by atoms with Gasteiger partial charge in [0.25, 0.3) is 0 Å². The van der Waals surface area contributed by atoms with Crippen molar-refractivity contribution in [3.8, 4) is 0 Å². The van der Waals surface area contributed by atoms with Gasteiger partial charge in [0.05, 0.1) is 14.9 Å². The molecule has 0 amide bonds. The number of nitrogens with one attached hydrogen (secondary N) is 1. The fourth-order valence-electron chi connectivity index (χ4n) is 0.867. The second-order valence-corrected chi connectivity index (χ2v) is 3.36. The van der Waals surface area contributed by atoms with Crippen LogP contribution >= 0.6 is 22.6 Å². The summed E-state index contributed by atoms with van der Waals surface area (Å²) in [7, 11) is 1.49. The number of nitrogen functional groups attached to an aromatic ring is 1. The Morgan fingerprint density at radius 1 is 1.42 bits per heavy atom. The zero-order valence-corrected chi connectivity index (χ0v) is 8.45. The lowest BCUT2D eigenvalue weighted by atomic mass is 10.2. The smallest absolute Gasteiger partial charge is 0.185 e. The van der Waals surface area contributed by atoms with Crippen LogP contribution in [0.15, 0.2) is 6.07 Å². The molecule has 1 aromatic carbocycles. The summed E-state index contributed by atoms with van der Waals surface area (Å²) in [6, 6.07) is 1.38. The van der Waals surface area contributed by atoms with E-state index in [0.29, 0.717) is 0 Å². The molecular formula is C7H7F2IN2. The molecule has 0 aromatic heterocycles. The van der Waals surface area contributed by atoms with Gasteiger partial charge in [0, 0.05) is 7.05 Å². The van der Waals surface area contributed by atoms with E-state index in [2.05, 4.69) is 5.32 Å². The lowest BCUT2D eigenvalue weighted by Gasteiger charge is -2.07. The maximum Gasteiger partial charge on any atom is 0.185 e. The molecule has 12 heavy (non-hydrogen) atoms. The maximum absolute atomic E-state index is 13.0. The van der Waals surface area contributed by atoms with Crippen molar-refractivity contribution in [1.82, 2.24) is 0 Å². The number of nitrogens with two attached hydrogens (primary N) is 1. The zero-order valence-electron chi connectivity index (χ0n) is 6.29. The van der Waals surface area contributed by atoms with Crippen molar-refractivity contribution in [3.63, 3.8) is 0 Å². The zero-order chi connectivity index (χ0) is 9.30. The lowest BCUT2D eigenvalue weighted by Crippen LogP contribution is -2.02. The summed E-state index contributed by atoms with van der Waals surface area (Å²) in [5, 5.41) is 2.49. The van der Waals surface area contributed by atoms with Gasteiger partial charge in [-0.2, -0.15) is 0 Å². The average molecular weight is 284 g/mol. The average Bonchev–Trinajstić information content (AvgIpc) is 2.01. The topological polar surface area (TPSA) is 38.0 Å². The van der Waals surface area contributed by atoms with Crippen molar-refractivity contribution in [1.29, 1.82) is 0 Å². The fraction of sp³-hybridized carbons (Fsp3) is 0.143. The molecule has 1 rings (SSSR count). The minimum Gasteiger partial charge on any atom is -0.397 e. The van der Waals surface area contributed by atoms with Crippen molar-refractivity contribution < 1.29 is 8.78 Å². The van der Waals surface area contributed by atoms with Crippen molar-refractivity contribution in [2.24, 2.45) is 0 Å². The first-order chi connectivity index (χ1) is 5.57. The minimum atomic E-state index is -0.929. The van der Waals surface area contributed by atoms with Gasteiger partial charge in [-0.15, -0.1) is 0 Å². The molecule has 0 atom stereocenters. The van der Waals surface area contributed by atoms with E-state index in [1.165, 1.54) is 13.1 Å². The van der Waals surface area contributed by atoms with Crippen LogP contribution in [0.2, 0.25) is 0 Å². The molecular weight excluding hydrogens is 277 g/mol. The summed E-state index contributed by atoms with van der Waals surface area (Å²) in [6.07, 6.45) is 0. The Bertz CT molecular complexity index is 315. The van der Waals surface area contributed by atoms with Crippen molar-refractivity contribution in [3.05, 3.63) is 21.3 Å². The summed E-state index contributed by atoms with van der Waals surface area (Å²) in [4.78, 5) is 0. The van der Waals surface area contributed by atoms with E-state index in [-0.39, 0.29) is 14.9 Å². The molecule has 0 spiro atoms. The second kappa shape index (κ2) is 3.42. The third-order valence-electron chi connectivity index (χ3n) is 1.44. The van der Waals surface area contributed by atoms with Crippen LogP contribution in [0.25, 0.3) is 0 Å². The molecule has 0 saturated carbocycles. The van der Waals surface area contributed by atoms with Gasteiger partial charge in [0.15, 0.2) is 11.6 Å². The number of halogens is 3. The number of anilines is 2. The van der Waals surface area contributed by atoms with Crippen molar-refractivity contribution in [2.75, 3.05) is 18.1 Å². The van der Waals surface area contributed by atoms with E-state index in [1.54, 1.807) is 22.6 Å². The molecule has 0 heterocycles. The van der Waals surface area contributed by atoms with Gasteiger partial charge in [0.1, 0.15) is 0 Å². The van der Waals surface area contributed by atoms with E-state index < -0.39 is 11.6 Å². The largest absolute Gasteiger partial charge is 0.397 e. The Balaban J connectivity index is 3.40. The van der Waals surface area contributed by atoms with E-state index in [0.717, 1.165) is 0 Å². The van der Waals surface area contributed by atoms with Crippen LogP contribution in [0.4, 0.5) is 20.2 Å². The summed E-state index contributed by atoms with van der Waals surface area (Å²) in [6.45, 7) is 0. The first-order valence-corrected chi connectivity index (χ1v) is 4.26. The minimum absolute atomic E-state index is 0.00733. The highest BCUT2D eigenvalue weighted by molar-refractivity contribution is 14.1. The molecule has 0 bridgehead atoms. The number of hydrogen-bond donors (Lipinski definition) is 2. The van der Waals surface area contributed by atoms with E-state index in [4.69, 9.17) is 5.73 Å². The Hall–Kier alpha value is -0.590. The molecule has 0 aliphatic rings. The van der Waals surface area contributed by atoms with Gasteiger partial charge in [-0.25, -0.2) is 8.78 Å². The summed E-state index contributed by atoms with van der Waals surface area (Å²) >= 11 is 1.69. The third kappa shape index (κ3) is 1.45. The van der Waals surface area contributed by atoms with Gasteiger partial charge in [-0.3, -0.25) is 0 Å². The van der Waals surface area contributed by atoms with Gasteiger partial charge in [-0.1, -0.05) is 0 Å². The van der Waals surface area contributed by atoms with Crippen LogP contribution in [-0.4, -0.2) is 7.05 Å². The molecule has 3 N–H and O–H groups in total. The molecule has 0 unspecified atom stereocenters. The Kier molecular flexibility index (Phi) is 2.71. The SMILES string of the molecule is CNc1c(N)cc(I)c(F)c1F.